The van der Waals surface area contributed by atoms with Crippen LogP contribution in [0.3, 0.4) is 0 Å². The summed E-state index contributed by atoms with van der Waals surface area (Å²) in [7, 11) is 0. The zero-order chi connectivity index (χ0) is 21.9. The highest BCUT2D eigenvalue weighted by Gasteiger charge is 2.32. The van der Waals surface area contributed by atoms with Crippen LogP contribution < -0.4 is 15.4 Å². The van der Waals surface area contributed by atoms with Crippen LogP contribution in [0.2, 0.25) is 0 Å². The molecule has 1 heterocycles. The van der Waals surface area contributed by atoms with E-state index >= 15 is 0 Å². The number of amides is 2. The molecule has 1 fully saturated rings. The number of alkyl halides is 3. The molecule has 1 atom stereocenters. The van der Waals surface area contributed by atoms with Crippen molar-refractivity contribution in [3.05, 3.63) is 58.9 Å². The third-order valence-electron chi connectivity index (χ3n) is 4.55. The number of nitrogens with one attached hydrogen (secondary N) is 2. The van der Waals surface area contributed by atoms with Crippen LogP contribution in [0.25, 0.3) is 0 Å². The maximum absolute atomic E-state index is 13.4. The molecule has 0 radical (unpaired) electrons. The lowest BCUT2D eigenvalue weighted by atomic mass is 10.0. The summed E-state index contributed by atoms with van der Waals surface area (Å²) in [4.78, 5) is 24.2. The number of ether oxygens (including phenoxy) is 1. The van der Waals surface area contributed by atoms with Crippen molar-refractivity contribution in [1.29, 1.82) is 0 Å². The van der Waals surface area contributed by atoms with Crippen molar-refractivity contribution in [2.75, 3.05) is 6.54 Å². The number of benzene rings is 2. The Morgan fingerprint density at radius 1 is 1.20 bits per heavy atom. The van der Waals surface area contributed by atoms with Crippen molar-refractivity contribution >= 4 is 11.8 Å². The second-order valence-corrected chi connectivity index (χ2v) is 6.73. The Morgan fingerprint density at radius 2 is 1.97 bits per heavy atom. The molecule has 2 amide bonds. The summed E-state index contributed by atoms with van der Waals surface area (Å²) >= 11 is 0. The molecule has 10 heteroatoms. The number of rotatable bonds is 5. The van der Waals surface area contributed by atoms with Gasteiger partial charge < -0.3 is 20.5 Å². The number of hydrogen-bond acceptors (Lipinski definition) is 4. The normalized spacial score (nSPS) is 16.7. The average Bonchev–Trinajstić information content (AvgIpc) is 2.68. The summed E-state index contributed by atoms with van der Waals surface area (Å²) in [6, 6.07) is 5.04. The number of carbonyl (C=O) groups is 2. The van der Waals surface area contributed by atoms with Crippen molar-refractivity contribution < 1.29 is 37.0 Å². The molecule has 0 aliphatic carbocycles. The minimum Gasteiger partial charge on any atom is -0.456 e. The molecule has 160 valence electrons. The van der Waals surface area contributed by atoms with Gasteiger partial charge in [0.25, 0.3) is 5.91 Å². The number of aliphatic hydroxyl groups excluding tert-OH is 1. The maximum Gasteiger partial charge on any atom is 0.416 e. The second-order valence-electron chi connectivity index (χ2n) is 6.73. The van der Waals surface area contributed by atoms with Crippen LogP contribution in [0.5, 0.6) is 11.5 Å². The molecule has 0 saturated carbocycles. The minimum atomic E-state index is -4.68. The van der Waals surface area contributed by atoms with Crippen LogP contribution in [0.1, 0.15) is 34.3 Å². The van der Waals surface area contributed by atoms with Gasteiger partial charge in [0.2, 0.25) is 5.91 Å². The molecule has 0 spiro atoms. The second kappa shape index (κ2) is 8.70. The molecule has 6 nitrogen and oxygen atoms in total. The van der Waals surface area contributed by atoms with Gasteiger partial charge in [-0.05, 0) is 42.8 Å². The van der Waals surface area contributed by atoms with Gasteiger partial charge in [-0.15, -0.1) is 0 Å². The molecular formula is C20H18F4N2O4. The van der Waals surface area contributed by atoms with Crippen LogP contribution >= 0.6 is 0 Å². The first kappa shape index (κ1) is 21.6. The summed E-state index contributed by atoms with van der Waals surface area (Å²) in [5.74, 6) is -2.13. The molecule has 0 bridgehead atoms. The Hall–Kier alpha value is -3.14. The standard InChI is InChI=1S/C20H18F4N2O4/c21-13-2-4-16(11(7-13)10-27)30-17-8-12(20(22,23)24)1-3-15(17)19(29)26-14-5-6-25-18(28)9-14/h1-4,7-8,14,27H,5-6,9-10H2,(H,25,28)(H,26,29). The molecule has 1 aliphatic heterocycles. The van der Waals surface area contributed by atoms with E-state index in [2.05, 4.69) is 10.6 Å². The van der Waals surface area contributed by atoms with Crippen LogP contribution in [-0.2, 0) is 17.6 Å². The Bertz CT molecular complexity index is 962. The van der Waals surface area contributed by atoms with Gasteiger partial charge in [0.15, 0.2) is 0 Å². The molecule has 2 aromatic carbocycles. The minimum absolute atomic E-state index is 0.00252. The molecule has 30 heavy (non-hydrogen) atoms. The van der Waals surface area contributed by atoms with E-state index in [9.17, 15) is 32.3 Å². The number of aliphatic hydroxyl groups is 1. The monoisotopic (exact) mass is 426 g/mol. The van der Waals surface area contributed by atoms with E-state index < -0.39 is 41.9 Å². The number of halogens is 4. The largest absolute Gasteiger partial charge is 0.456 e. The first-order valence-corrected chi connectivity index (χ1v) is 9.03. The van der Waals surface area contributed by atoms with Crippen molar-refractivity contribution in [2.45, 2.75) is 31.7 Å². The first-order chi connectivity index (χ1) is 14.2. The van der Waals surface area contributed by atoms with Gasteiger partial charge in [0.05, 0.1) is 17.7 Å². The fraction of sp³-hybridized carbons (Fsp3) is 0.300. The van der Waals surface area contributed by atoms with Gasteiger partial charge in [-0.2, -0.15) is 13.2 Å². The zero-order valence-electron chi connectivity index (χ0n) is 15.6. The quantitative estimate of drug-likeness (QED) is 0.641. The van der Waals surface area contributed by atoms with Crippen LogP contribution in [0.15, 0.2) is 36.4 Å². The molecule has 3 rings (SSSR count). The van der Waals surface area contributed by atoms with Crippen LogP contribution in [0, 0.1) is 5.82 Å². The predicted octanol–water partition coefficient (Wildman–Crippen LogP) is 3.14. The highest BCUT2D eigenvalue weighted by atomic mass is 19.4. The fourth-order valence-corrected chi connectivity index (χ4v) is 3.03. The van der Waals surface area contributed by atoms with Crippen LogP contribution in [-0.4, -0.2) is 29.5 Å². The number of piperidine rings is 1. The van der Waals surface area contributed by atoms with Gasteiger partial charge in [0.1, 0.15) is 17.3 Å². The van der Waals surface area contributed by atoms with Gasteiger partial charge in [-0.3, -0.25) is 9.59 Å². The SMILES string of the molecule is O=C1CC(NC(=O)c2ccc(C(F)(F)F)cc2Oc2ccc(F)cc2CO)CCN1. The Labute approximate surface area is 168 Å². The molecular weight excluding hydrogens is 408 g/mol. The van der Waals surface area contributed by atoms with Crippen molar-refractivity contribution in [3.63, 3.8) is 0 Å². The average molecular weight is 426 g/mol. The van der Waals surface area contributed by atoms with Crippen LogP contribution in [0.4, 0.5) is 17.6 Å². The Morgan fingerprint density at radius 3 is 2.63 bits per heavy atom. The summed E-state index contributed by atoms with van der Waals surface area (Å²) in [6.45, 7) is -0.250. The Balaban J connectivity index is 1.94. The smallest absolute Gasteiger partial charge is 0.416 e. The Kier molecular flexibility index (Phi) is 6.25. The summed E-state index contributed by atoms with van der Waals surface area (Å²) in [6.07, 6.45) is -4.16. The zero-order valence-corrected chi connectivity index (χ0v) is 15.6. The van der Waals surface area contributed by atoms with Gasteiger partial charge >= 0.3 is 6.18 Å². The van der Waals surface area contributed by atoms with E-state index in [0.717, 1.165) is 30.3 Å². The van der Waals surface area contributed by atoms with E-state index in [1.807, 2.05) is 0 Å². The summed E-state index contributed by atoms with van der Waals surface area (Å²) < 4.78 is 58.4. The first-order valence-electron chi connectivity index (χ1n) is 9.03. The lowest BCUT2D eigenvalue weighted by Crippen LogP contribution is -2.45. The number of hydrogen-bond donors (Lipinski definition) is 3. The van der Waals surface area contributed by atoms with Gasteiger partial charge in [0, 0.05) is 24.6 Å². The molecule has 3 N–H and O–H groups in total. The fourth-order valence-electron chi connectivity index (χ4n) is 3.03. The van der Waals surface area contributed by atoms with E-state index in [0.29, 0.717) is 19.0 Å². The van der Waals surface area contributed by atoms with Crippen molar-refractivity contribution in [1.82, 2.24) is 10.6 Å². The van der Waals surface area contributed by atoms with Crippen molar-refractivity contribution in [3.8, 4) is 11.5 Å². The maximum atomic E-state index is 13.4. The van der Waals surface area contributed by atoms with E-state index in [4.69, 9.17) is 4.74 Å². The van der Waals surface area contributed by atoms with E-state index in [-0.39, 0.29) is 29.2 Å². The highest BCUT2D eigenvalue weighted by Crippen LogP contribution is 2.36. The van der Waals surface area contributed by atoms with E-state index in [1.165, 1.54) is 0 Å². The van der Waals surface area contributed by atoms with E-state index in [1.54, 1.807) is 0 Å². The lowest BCUT2D eigenvalue weighted by molar-refractivity contribution is -0.137. The molecule has 1 saturated heterocycles. The summed E-state index contributed by atoms with van der Waals surface area (Å²) in [5, 5.41) is 14.6. The van der Waals surface area contributed by atoms with Crippen molar-refractivity contribution in [2.24, 2.45) is 0 Å². The molecule has 1 aliphatic rings. The third-order valence-corrected chi connectivity index (χ3v) is 4.55. The van der Waals surface area contributed by atoms with Gasteiger partial charge in [-0.25, -0.2) is 4.39 Å². The topological polar surface area (TPSA) is 87.7 Å². The lowest BCUT2D eigenvalue weighted by Gasteiger charge is -2.24. The predicted molar refractivity (Wildman–Crippen MR) is 97.3 cm³/mol. The third kappa shape index (κ3) is 5.07. The van der Waals surface area contributed by atoms with Gasteiger partial charge in [-0.1, -0.05) is 0 Å². The number of carbonyl (C=O) groups excluding carboxylic acids is 2. The molecule has 2 aromatic rings. The molecule has 0 aromatic heterocycles. The highest BCUT2D eigenvalue weighted by molar-refractivity contribution is 5.97. The summed E-state index contributed by atoms with van der Waals surface area (Å²) in [5.41, 5.74) is -1.23. The molecule has 1 unspecified atom stereocenters.